The number of carbonyl (C=O) groups is 2. The smallest absolute Gasteiger partial charge is 0.254 e. The molecule has 0 saturated carbocycles. The number of anilines is 1. The Bertz CT molecular complexity index is 916. The van der Waals surface area contributed by atoms with E-state index in [0.717, 1.165) is 30.7 Å². The van der Waals surface area contributed by atoms with E-state index in [0.29, 0.717) is 17.8 Å². The van der Waals surface area contributed by atoms with Crippen LogP contribution in [0.3, 0.4) is 0 Å². The zero-order valence-electron chi connectivity index (χ0n) is 17.6. The van der Waals surface area contributed by atoms with Crippen molar-refractivity contribution in [2.75, 3.05) is 12.4 Å². The topological polar surface area (TPSA) is 80.1 Å². The van der Waals surface area contributed by atoms with Crippen LogP contribution in [0.4, 0.5) is 5.69 Å². The van der Waals surface area contributed by atoms with Gasteiger partial charge in [-0.05, 0) is 57.7 Å². The Morgan fingerprint density at radius 3 is 2.79 bits per heavy atom. The summed E-state index contributed by atoms with van der Waals surface area (Å²) in [6.07, 6.45) is 8.41. The summed E-state index contributed by atoms with van der Waals surface area (Å²) in [5, 5.41) is 11.1. The predicted octanol–water partition coefficient (Wildman–Crippen LogP) is 3.73. The molecule has 29 heavy (non-hydrogen) atoms. The number of carbonyl (C=O) groups excluding carboxylic acids is 2. The molecule has 1 aliphatic rings. The van der Waals surface area contributed by atoms with Crippen LogP contribution in [0.2, 0.25) is 0 Å². The quantitative estimate of drug-likeness (QED) is 0.756. The van der Waals surface area contributed by atoms with E-state index in [9.17, 15) is 9.59 Å². The summed E-state index contributed by atoms with van der Waals surface area (Å²) >= 11 is 0. The monoisotopic (exact) mass is 395 g/mol. The number of aromatic nitrogens is 3. The Kier molecular flexibility index (Phi) is 6.46. The summed E-state index contributed by atoms with van der Waals surface area (Å²) < 4.78 is 1.95. The third-order valence-electron chi connectivity index (χ3n) is 5.31. The molecular weight excluding hydrogens is 366 g/mol. The van der Waals surface area contributed by atoms with Gasteiger partial charge in [-0.2, -0.15) is 0 Å². The Balaban J connectivity index is 1.72. The van der Waals surface area contributed by atoms with Crippen LogP contribution in [0.1, 0.15) is 60.9 Å². The van der Waals surface area contributed by atoms with Crippen LogP contribution >= 0.6 is 0 Å². The number of hydrogen-bond donors (Lipinski definition) is 1. The van der Waals surface area contributed by atoms with E-state index in [1.54, 1.807) is 30.4 Å². The lowest BCUT2D eigenvalue weighted by molar-refractivity contribution is -0.120. The van der Waals surface area contributed by atoms with E-state index in [1.165, 1.54) is 0 Å². The number of hydrogen-bond acceptors (Lipinski definition) is 4. The van der Waals surface area contributed by atoms with E-state index >= 15 is 0 Å². The fourth-order valence-electron chi connectivity index (χ4n) is 3.47. The third-order valence-corrected chi connectivity index (χ3v) is 5.31. The molecule has 1 aromatic carbocycles. The van der Waals surface area contributed by atoms with Gasteiger partial charge in [-0.25, -0.2) is 0 Å². The summed E-state index contributed by atoms with van der Waals surface area (Å²) in [6.45, 7) is 6.39. The van der Waals surface area contributed by atoms with Gasteiger partial charge >= 0.3 is 0 Å². The maximum atomic E-state index is 12.9. The van der Waals surface area contributed by atoms with Gasteiger partial charge in [-0.15, -0.1) is 10.2 Å². The van der Waals surface area contributed by atoms with Gasteiger partial charge in [0, 0.05) is 30.3 Å². The zero-order chi connectivity index (χ0) is 21.0. The minimum atomic E-state index is -0.126. The normalized spacial score (nSPS) is 16.1. The summed E-state index contributed by atoms with van der Waals surface area (Å²) in [5.74, 6) is 0.616. The van der Waals surface area contributed by atoms with Gasteiger partial charge in [0.2, 0.25) is 5.91 Å². The first-order valence-electron chi connectivity index (χ1n) is 10.1. The van der Waals surface area contributed by atoms with Gasteiger partial charge in [-0.1, -0.05) is 18.2 Å². The first-order chi connectivity index (χ1) is 13.9. The summed E-state index contributed by atoms with van der Waals surface area (Å²) in [7, 11) is 1.74. The Morgan fingerprint density at radius 1 is 1.31 bits per heavy atom. The summed E-state index contributed by atoms with van der Waals surface area (Å²) in [5.41, 5.74) is 2.16. The molecule has 2 aromatic rings. The van der Waals surface area contributed by atoms with Crippen molar-refractivity contribution in [1.29, 1.82) is 0 Å². The second kappa shape index (κ2) is 9.03. The Morgan fingerprint density at radius 2 is 2.10 bits per heavy atom. The molecule has 0 saturated heterocycles. The molecular formula is C22H29N5O2. The van der Waals surface area contributed by atoms with Crippen molar-refractivity contribution in [3.8, 4) is 0 Å². The van der Waals surface area contributed by atoms with Crippen LogP contribution in [-0.4, -0.2) is 38.5 Å². The van der Waals surface area contributed by atoms with Gasteiger partial charge in [0.1, 0.15) is 6.33 Å². The highest BCUT2D eigenvalue weighted by Crippen LogP contribution is 2.23. The average molecular weight is 396 g/mol. The summed E-state index contributed by atoms with van der Waals surface area (Å²) in [4.78, 5) is 27.2. The second-order valence-corrected chi connectivity index (χ2v) is 7.91. The molecule has 0 spiro atoms. The van der Waals surface area contributed by atoms with Crippen molar-refractivity contribution >= 4 is 17.5 Å². The van der Waals surface area contributed by atoms with Gasteiger partial charge in [0.15, 0.2) is 5.82 Å². The standard InChI is InChI=1S/C22H29N5O2/c1-15(2)27-14-23-25-20(27)13-26(4)22(29)18-11-10-16(3)19(12-18)24-21(28)17-8-6-5-7-9-17/h5-6,10-12,14-15,17H,7-9,13H2,1-4H3,(H,24,28). The second-order valence-electron chi connectivity index (χ2n) is 7.91. The molecule has 1 aromatic heterocycles. The molecule has 0 fully saturated rings. The number of allylic oxidation sites excluding steroid dienone is 2. The van der Waals surface area contributed by atoms with Gasteiger partial charge in [0.25, 0.3) is 5.91 Å². The van der Waals surface area contributed by atoms with E-state index in [1.807, 2.05) is 31.4 Å². The molecule has 0 radical (unpaired) electrons. The van der Waals surface area contributed by atoms with Crippen LogP contribution in [-0.2, 0) is 11.3 Å². The number of nitrogens with zero attached hydrogens (tertiary/aromatic N) is 4. The highest BCUT2D eigenvalue weighted by Gasteiger charge is 2.21. The molecule has 1 N–H and O–H groups in total. The lowest BCUT2D eigenvalue weighted by atomic mass is 9.93. The molecule has 3 rings (SSSR count). The minimum Gasteiger partial charge on any atom is -0.334 e. The van der Waals surface area contributed by atoms with Gasteiger partial charge in [0.05, 0.1) is 6.54 Å². The molecule has 0 aliphatic heterocycles. The first kappa shape index (κ1) is 20.8. The van der Waals surface area contributed by atoms with Crippen LogP contribution in [0, 0.1) is 12.8 Å². The highest BCUT2D eigenvalue weighted by molar-refractivity contribution is 5.98. The highest BCUT2D eigenvalue weighted by atomic mass is 16.2. The van der Waals surface area contributed by atoms with E-state index in [-0.39, 0.29) is 23.8 Å². The van der Waals surface area contributed by atoms with Crippen LogP contribution in [0.5, 0.6) is 0 Å². The van der Waals surface area contributed by atoms with Crippen molar-refractivity contribution in [2.45, 2.75) is 52.6 Å². The number of benzene rings is 1. The molecule has 154 valence electrons. The van der Waals surface area contributed by atoms with Crippen molar-refractivity contribution < 1.29 is 9.59 Å². The molecule has 7 nitrogen and oxygen atoms in total. The lowest BCUT2D eigenvalue weighted by Gasteiger charge is -2.20. The maximum Gasteiger partial charge on any atom is 0.254 e. The number of rotatable bonds is 6. The van der Waals surface area contributed by atoms with Gasteiger partial charge < -0.3 is 14.8 Å². The largest absolute Gasteiger partial charge is 0.334 e. The predicted molar refractivity (Wildman–Crippen MR) is 112 cm³/mol. The molecule has 2 amide bonds. The summed E-state index contributed by atoms with van der Waals surface area (Å²) in [6, 6.07) is 5.64. The number of aryl methyl sites for hydroxylation is 1. The number of amides is 2. The van der Waals surface area contributed by atoms with Crippen molar-refractivity contribution in [1.82, 2.24) is 19.7 Å². The van der Waals surface area contributed by atoms with Crippen LogP contribution in [0.15, 0.2) is 36.7 Å². The SMILES string of the molecule is Cc1ccc(C(=O)N(C)Cc2nncn2C(C)C)cc1NC(=O)C1CC=CCC1. The Hall–Kier alpha value is -2.96. The number of nitrogens with one attached hydrogen (secondary N) is 1. The van der Waals surface area contributed by atoms with E-state index in [4.69, 9.17) is 0 Å². The molecule has 1 aliphatic carbocycles. The van der Waals surface area contributed by atoms with Crippen LogP contribution < -0.4 is 5.32 Å². The fraction of sp³-hybridized carbons (Fsp3) is 0.455. The van der Waals surface area contributed by atoms with E-state index in [2.05, 4.69) is 27.7 Å². The van der Waals surface area contributed by atoms with Crippen LogP contribution in [0.25, 0.3) is 0 Å². The maximum absolute atomic E-state index is 12.9. The molecule has 1 unspecified atom stereocenters. The molecule has 1 heterocycles. The van der Waals surface area contributed by atoms with Gasteiger partial charge in [-0.3, -0.25) is 9.59 Å². The van der Waals surface area contributed by atoms with Crippen molar-refractivity contribution in [3.63, 3.8) is 0 Å². The fourth-order valence-corrected chi connectivity index (χ4v) is 3.47. The molecule has 1 atom stereocenters. The first-order valence-corrected chi connectivity index (χ1v) is 10.1. The average Bonchev–Trinajstić information content (AvgIpc) is 3.18. The third kappa shape index (κ3) is 4.91. The zero-order valence-corrected chi connectivity index (χ0v) is 17.6. The molecule has 7 heteroatoms. The van der Waals surface area contributed by atoms with Crippen molar-refractivity contribution in [2.24, 2.45) is 5.92 Å². The molecule has 0 bridgehead atoms. The van der Waals surface area contributed by atoms with E-state index < -0.39 is 0 Å². The minimum absolute atomic E-state index is 0.0103. The Labute approximate surface area is 171 Å². The lowest BCUT2D eigenvalue weighted by Crippen LogP contribution is -2.28. The van der Waals surface area contributed by atoms with Crippen molar-refractivity contribution in [3.05, 3.63) is 53.6 Å².